The third-order valence-electron chi connectivity index (χ3n) is 7.83. The van der Waals surface area contributed by atoms with Crippen LogP contribution in [0.3, 0.4) is 0 Å². The van der Waals surface area contributed by atoms with Crippen LogP contribution in [0.2, 0.25) is 0 Å². The number of para-hydroxylation sites is 1. The highest BCUT2D eigenvalue weighted by atomic mass is 32.1. The van der Waals surface area contributed by atoms with Crippen molar-refractivity contribution in [2.45, 2.75) is 45.4 Å². The lowest BCUT2D eigenvalue weighted by Gasteiger charge is -2.29. The number of carbonyl (C=O) groups is 1. The van der Waals surface area contributed by atoms with E-state index in [4.69, 9.17) is 23.4 Å². The minimum absolute atomic E-state index is 0.0888. The topological polar surface area (TPSA) is 124 Å². The number of aryl methyl sites for hydroxylation is 1. The average molecular weight is 632 g/mol. The Kier molecular flexibility index (Phi) is 8.97. The smallest absolute Gasteiger partial charge is 0.338 e. The fourth-order valence-corrected chi connectivity index (χ4v) is 6.83. The maximum absolute atomic E-state index is 14.4. The molecule has 0 bridgehead atoms. The molecule has 0 spiro atoms. The quantitative estimate of drug-likeness (QED) is 0.189. The van der Waals surface area contributed by atoms with Crippen LogP contribution in [-0.2, 0) is 20.8 Å². The highest BCUT2D eigenvalue weighted by Gasteiger charge is 2.28. The van der Waals surface area contributed by atoms with E-state index in [1.54, 1.807) is 30.7 Å². The molecule has 1 saturated heterocycles. The molecule has 3 aromatic heterocycles. The molecular formula is C33H33N3O8S. The first-order chi connectivity index (χ1) is 21.9. The summed E-state index contributed by atoms with van der Waals surface area (Å²) in [6, 6.07) is 13.8. The van der Waals surface area contributed by atoms with Crippen molar-refractivity contribution in [3.8, 4) is 22.2 Å². The van der Waals surface area contributed by atoms with Gasteiger partial charge < -0.3 is 23.4 Å². The van der Waals surface area contributed by atoms with E-state index in [0.717, 1.165) is 10.1 Å². The molecule has 234 valence electrons. The van der Waals surface area contributed by atoms with Gasteiger partial charge in [0.1, 0.15) is 22.9 Å². The maximum Gasteiger partial charge on any atom is 0.338 e. The number of nitrogens with zero attached hydrogens (tertiary/aromatic N) is 3. The first kappa shape index (κ1) is 30.5. The summed E-state index contributed by atoms with van der Waals surface area (Å²) < 4.78 is 31.4. The summed E-state index contributed by atoms with van der Waals surface area (Å²) in [6.07, 6.45) is 3.76. The van der Waals surface area contributed by atoms with E-state index in [-0.39, 0.29) is 19.3 Å². The standard InChI is InChI=1S/C33H33N3O8S/c1-4-42-32(38)21-9-11-22(12-10-21)36-30(37)27-20(2)28(29-34-15-18-43-29)45-31(27)35(33(36)39)19-26(44-23-13-16-41-17-14-23)24-7-5-6-8-25(24)40-3/h5-12,15,18,23,26H,4,13-14,16-17,19H2,1-3H3. The molecular weight excluding hydrogens is 598 g/mol. The Hall–Kier alpha value is -4.52. The number of aromatic nitrogens is 3. The molecule has 1 fully saturated rings. The Bertz CT molecular complexity index is 1920. The minimum Gasteiger partial charge on any atom is -0.496 e. The molecule has 4 heterocycles. The molecule has 2 aromatic carbocycles. The van der Waals surface area contributed by atoms with E-state index in [2.05, 4.69) is 4.98 Å². The number of benzene rings is 2. The molecule has 1 aliphatic heterocycles. The fourth-order valence-electron chi connectivity index (χ4n) is 5.59. The molecule has 6 rings (SSSR count). The van der Waals surface area contributed by atoms with Crippen LogP contribution < -0.4 is 16.0 Å². The maximum atomic E-state index is 14.4. The van der Waals surface area contributed by atoms with Gasteiger partial charge >= 0.3 is 11.7 Å². The van der Waals surface area contributed by atoms with Crippen molar-refractivity contribution >= 4 is 27.5 Å². The van der Waals surface area contributed by atoms with E-state index >= 15 is 0 Å². The zero-order chi connectivity index (χ0) is 31.5. The van der Waals surface area contributed by atoms with Crippen LogP contribution >= 0.6 is 11.3 Å². The van der Waals surface area contributed by atoms with Crippen LogP contribution in [-0.4, -0.2) is 53.1 Å². The molecule has 1 atom stereocenters. The zero-order valence-electron chi connectivity index (χ0n) is 25.2. The van der Waals surface area contributed by atoms with E-state index in [1.165, 1.54) is 35.9 Å². The Morgan fingerprint density at radius 1 is 1.11 bits per heavy atom. The average Bonchev–Trinajstić information content (AvgIpc) is 3.72. The number of thiophene rings is 1. The third-order valence-corrected chi connectivity index (χ3v) is 9.14. The van der Waals surface area contributed by atoms with Crippen LogP contribution in [0, 0.1) is 6.92 Å². The van der Waals surface area contributed by atoms with Crippen LogP contribution in [0.25, 0.3) is 26.7 Å². The van der Waals surface area contributed by atoms with Gasteiger partial charge in [-0.2, -0.15) is 0 Å². The van der Waals surface area contributed by atoms with E-state index in [9.17, 15) is 14.4 Å². The minimum atomic E-state index is -0.588. The summed E-state index contributed by atoms with van der Waals surface area (Å²) in [6.45, 7) is 5.05. The van der Waals surface area contributed by atoms with Gasteiger partial charge in [0.2, 0.25) is 5.89 Å². The number of methoxy groups -OCH3 is 1. The van der Waals surface area contributed by atoms with Gasteiger partial charge in [0, 0.05) is 18.8 Å². The van der Waals surface area contributed by atoms with Crippen molar-refractivity contribution in [3.05, 3.63) is 98.5 Å². The molecule has 0 amide bonds. The number of hydrogen-bond donors (Lipinski definition) is 0. The summed E-state index contributed by atoms with van der Waals surface area (Å²) in [5.74, 6) is 0.500. The van der Waals surface area contributed by atoms with Gasteiger partial charge in [-0.05, 0) is 62.6 Å². The van der Waals surface area contributed by atoms with Gasteiger partial charge in [0.25, 0.3) is 5.56 Å². The van der Waals surface area contributed by atoms with Gasteiger partial charge in [0.05, 0.1) is 54.1 Å². The molecule has 1 unspecified atom stereocenters. The number of ether oxygens (including phenoxy) is 4. The molecule has 1 aliphatic rings. The lowest BCUT2D eigenvalue weighted by Crippen LogP contribution is -2.40. The fraction of sp³-hybridized carbons (Fsp3) is 0.333. The largest absolute Gasteiger partial charge is 0.496 e. The van der Waals surface area contributed by atoms with E-state index in [0.29, 0.717) is 69.6 Å². The number of carbonyl (C=O) groups excluding carboxylic acids is 1. The molecule has 11 nitrogen and oxygen atoms in total. The first-order valence-corrected chi connectivity index (χ1v) is 15.5. The van der Waals surface area contributed by atoms with Crippen molar-refractivity contribution < 1.29 is 28.2 Å². The number of hydrogen-bond acceptors (Lipinski definition) is 10. The summed E-state index contributed by atoms with van der Waals surface area (Å²) in [5, 5.41) is 0.368. The molecule has 0 aliphatic carbocycles. The van der Waals surface area contributed by atoms with Crippen LogP contribution in [0.4, 0.5) is 0 Å². The van der Waals surface area contributed by atoms with Gasteiger partial charge in [-0.3, -0.25) is 9.36 Å². The number of rotatable bonds is 10. The molecule has 5 aromatic rings. The van der Waals surface area contributed by atoms with Crippen molar-refractivity contribution in [1.82, 2.24) is 14.1 Å². The Morgan fingerprint density at radius 2 is 1.87 bits per heavy atom. The Labute approximate surface area is 262 Å². The second kappa shape index (κ2) is 13.2. The van der Waals surface area contributed by atoms with Crippen LogP contribution in [0.5, 0.6) is 5.75 Å². The molecule has 0 N–H and O–H groups in total. The first-order valence-electron chi connectivity index (χ1n) is 14.7. The monoisotopic (exact) mass is 631 g/mol. The summed E-state index contributed by atoms with van der Waals surface area (Å²) in [7, 11) is 1.60. The van der Waals surface area contributed by atoms with E-state index in [1.807, 2.05) is 31.2 Å². The lowest BCUT2D eigenvalue weighted by atomic mass is 10.1. The van der Waals surface area contributed by atoms with Crippen LogP contribution in [0.15, 0.2) is 75.0 Å². The predicted octanol–water partition coefficient (Wildman–Crippen LogP) is 5.30. The second-order valence-electron chi connectivity index (χ2n) is 10.6. The summed E-state index contributed by atoms with van der Waals surface area (Å²) in [4.78, 5) is 46.3. The van der Waals surface area contributed by atoms with Crippen LogP contribution in [0.1, 0.15) is 47.4 Å². The summed E-state index contributed by atoms with van der Waals surface area (Å²) >= 11 is 1.27. The highest BCUT2D eigenvalue weighted by molar-refractivity contribution is 7.22. The molecule has 45 heavy (non-hydrogen) atoms. The van der Waals surface area contributed by atoms with Crippen molar-refractivity contribution in [2.75, 3.05) is 26.9 Å². The van der Waals surface area contributed by atoms with Crippen molar-refractivity contribution in [3.63, 3.8) is 0 Å². The van der Waals surface area contributed by atoms with Gasteiger partial charge in [-0.25, -0.2) is 19.1 Å². The molecule has 0 radical (unpaired) electrons. The molecule has 12 heteroatoms. The normalized spacial score (nSPS) is 14.5. The number of fused-ring (bicyclic) bond motifs is 1. The predicted molar refractivity (Wildman–Crippen MR) is 169 cm³/mol. The molecule has 0 saturated carbocycles. The van der Waals surface area contributed by atoms with Crippen molar-refractivity contribution in [2.24, 2.45) is 0 Å². The SMILES string of the molecule is CCOC(=O)c1ccc(-n2c(=O)c3c(C)c(-c4ncco4)sc3n(CC(OC3CCOCC3)c3ccccc3OC)c2=O)cc1. The van der Waals surface area contributed by atoms with Crippen molar-refractivity contribution in [1.29, 1.82) is 0 Å². The Balaban J connectivity index is 1.55. The highest BCUT2D eigenvalue weighted by Crippen LogP contribution is 2.37. The number of esters is 1. The second-order valence-corrected chi connectivity index (χ2v) is 11.6. The van der Waals surface area contributed by atoms with Gasteiger partial charge in [0.15, 0.2) is 0 Å². The lowest BCUT2D eigenvalue weighted by molar-refractivity contribution is -0.0752. The zero-order valence-corrected chi connectivity index (χ0v) is 26.0. The van der Waals surface area contributed by atoms with Gasteiger partial charge in [-0.15, -0.1) is 11.3 Å². The van der Waals surface area contributed by atoms with Gasteiger partial charge in [-0.1, -0.05) is 18.2 Å². The van der Waals surface area contributed by atoms with E-state index < -0.39 is 23.3 Å². The Morgan fingerprint density at radius 3 is 2.56 bits per heavy atom. The number of oxazole rings is 1. The third kappa shape index (κ3) is 5.96. The summed E-state index contributed by atoms with van der Waals surface area (Å²) in [5.41, 5.74) is 1.02.